The number of carbonyl (C=O) groups is 3. The van der Waals surface area contributed by atoms with Crippen molar-refractivity contribution in [3.8, 4) is 5.75 Å². The van der Waals surface area contributed by atoms with Gasteiger partial charge in [0.15, 0.2) is 10.9 Å². The van der Waals surface area contributed by atoms with Gasteiger partial charge in [0, 0.05) is 0 Å². The minimum Gasteiger partial charge on any atom is -0.503 e. The number of nitrogens with zero attached hydrogens (tertiary/aromatic N) is 3. The van der Waals surface area contributed by atoms with E-state index in [2.05, 4.69) is 16.5 Å². The van der Waals surface area contributed by atoms with Crippen molar-refractivity contribution in [1.29, 1.82) is 0 Å². The molecule has 1 unspecified atom stereocenters. The average molecular weight is 526 g/mol. The number of hydrogen-bond donors (Lipinski definition) is 1. The van der Waals surface area contributed by atoms with E-state index in [1.54, 1.807) is 51.1 Å². The fourth-order valence-corrected chi connectivity index (χ4v) is 5.80. The first kappa shape index (κ1) is 25.3. The standard InChI is InChI=1S/C25H23N3O6S2/c1-6-10-34-16-9-7-8-15(11-16)18-17(19(29)21-12(2)26-14(4)35-21)20(30)23(31)28(18)25-27-13(3)22(36-25)24(32)33-5/h6-9,11,18,30H,1,10H2,2-5H3. The number of amides is 1. The van der Waals surface area contributed by atoms with E-state index in [0.717, 1.165) is 11.3 Å². The summed E-state index contributed by atoms with van der Waals surface area (Å²) in [5, 5.41) is 11.8. The molecule has 0 saturated carbocycles. The van der Waals surface area contributed by atoms with Crippen LogP contribution < -0.4 is 9.64 Å². The van der Waals surface area contributed by atoms with E-state index in [9.17, 15) is 19.5 Å². The Kier molecular flexibility index (Phi) is 7.04. The van der Waals surface area contributed by atoms with Crippen molar-refractivity contribution < 1.29 is 29.0 Å². The molecule has 36 heavy (non-hydrogen) atoms. The minimum atomic E-state index is -1.02. The molecule has 1 aliphatic rings. The van der Waals surface area contributed by atoms with E-state index in [1.807, 2.05) is 0 Å². The minimum absolute atomic E-state index is 0.0971. The maximum atomic E-state index is 13.7. The molecule has 11 heteroatoms. The number of ether oxygens (including phenoxy) is 2. The van der Waals surface area contributed by atoms with Crippen LogP contribution in [0.4, 0.5) is 5.13 Å². The number of anilines is 1. The number of benzene rings is 1. The molecule has 9 nitrogen and oxygen atoms in total. The van der Waals surface area contributed by atoms with Gasteiger partial charge >= 0.3 is 5.97 Å². The van der Waals surface area contributed by atoms with Crippen LogP contribution in [0.5, 0.6) is 5.75 Å². The second-order valence-corrected chi connectivity index (χ2v) is 10.1. The quantitative estimate of drug-likeness (QED) is 0.256. The van der Waals surface area contributed by atoms with E-state index in [4.69, 9.17) is 9.47 Å². The number of thiazole rings is 2. The summed E-state index contributed by atoms with van der Waals surface area (Å²) < 4.78 is 10.5. The summed E-state index contributed by atoms with van der Waals surface area (Å²) in [6, 6.07) is 5.86. The molecule has 0 radical (unpaired) electrons. The highest BCUT2D eigenvalue weighted by Crippen LogP contribution is 2.45. The zero-order valence-corrected chi connectivity index (χ0v) is 21.7. The Morgan fingerprint density at radius 2 is 1.89 bits per heavy atom. The number of methoxy groups -OCH3 is 1. The van der Waals surface area contributed by atoms with Crippen molar-refractivity contribution in [2.45, 2.75) is 26.8 Å². The van der Waals surface area contributed by atoms with Crippen LogP contribution in [-0.2, 0) is 9.53 Å². The molecule has 0 fully saturated rings. The molecular weight excluding hydrogens is 502 g/mol. The van der Waals surface area contributed by atoms with E-state index < -0.39 is 29.5 Å². The lowest BCUT2D eigenvalue weighted by Crippen LogP contribution is -2.31. The molecule has 1 aliphatic heterocycles. The maximum Gasteiger partial charge on any atom is 0.350 e. The Hall–Kier alpha value is -3.83. The van der Waals surface area contributed by atoms with Gasteiger partial charge in [0.2, 0.25) is 5.78 Å². The fraction of sp³-hybridized carbons (Fsp3) is 0.240. The monoisotopic (exact) mass is 525 g/mol. The molecule has 3 aromatic rings. The Morgan fingerprint density at radius 1 is 1.17 bits per heavy atom. The number of aromatic nitrogens is 2. The van der Waals surface area contributed by atoms with Crippen LogP contribution in [0.3, 0.4) is 0 Å². The first-order valence-electron chi connectivity index (χ1n) is 10.8. The number of carbonyl (C=O) groups excluding carboxylic acids is 3. The highest BCUT2D eigenvalue weighted by molar-refractivity contribution is 7.17. The van der Waals surface area contributed by atoms with Crippen molar-refractivity contribution in [2.24, 2.45) is 0 Å². The van der Waals surface area contributed by atoms with Crippen molar-refractivity contribution >= 4 is 45.5 Å². The summed E-state index contributed by atoms with van der Waals surface area (Å²) in [6.45, 7) is 9.01. The van der Waals surface area contributed by atoms with Crippen LogP contribution >= 0.6 is 22.7 Å². The first-order valence-corrected chi connectivity index (χ1v) is 12.5. The third kappa shape index (κ3) is 4.42. The fourth-order valence-electron chi connectivity index (χ4n) is 3.91. The summed E-state index contributed by atoms with van der Waals surface area (Å²) in [7, 11) is 1.25. The Balaban J connectivity index is 1.89. The topological polar surface area (TPSA) is 119 Å². The molecule has 2 aromatic heterocycles. The van der Waals surface area contributed by atoms with Gasteiger partial charge in [0.1, 0.15) is 17.2 Å². The van der Waals surface area contributed by atoms with Crippen LogP contribution in [0.1, 0.15) is 47.3 Å². The molecule has 3 heterocycles. The molecule has 0 saturated heterocycles. The molecule has 186 valence electrons. The summed E-state index contributed by atoms with van der Waals surface area (Å²) in [6.07, 6.45) is 1.60. The smallest absolute Gasteiger partial charge is 0.350 e. The van der Waals surface area contributed by atoms with E-state index in [-0.39, 0.29) is 22.2 Å². The van der Waals surface area contributed by atoms with Gasteiger partial charge in [0.05, 0.1) is 40.0 Å². The first-order chi connectivity index (χ1) is 17.2. The maximum absolute atomic E-state index is 13.7. The third-order valence-corrected chi connectivity index (χ3v) is 7.67. The number of Topliss-reactive ketones (excluding diaryl/α,β-unsaturated/α-hetero) is 1. The van der Waals surface area contributed by atoms with Gasteiger partial charge in [0.25, 0.3) is 5.91 Å². The Bertz CT molecular complexity index is 1420. The van der Waals surface area contributed by atoms with Gasteiger partial charge in [-0.25, -0.2) is 14.8 Å². The lowest BCUT2D eigenvalue weighted by atomic mass is 9.95. The number of aliphatic hydroxyl groups excluding tert-OH is 1. The molecule has 0 spiro atoms. The van der Waals surface area contributed by atoms with Gasteiger partial charge in [-0.15, -0.1) is 11.3 Å². The van der Waals surface area contributed by atoms with Crippen molar-refractivity contribution in [2.75, 3.05) is 18.6 Å². The number of rotatable bonds is 8. The Labute approximate surface area is 215 Å². The molecule has 0 aliphatic carbocycles. The molecule has 0 bridgehead atoms. The van der Waals surface area contributed by atoms with Gasteiger partial charge in [-0.2, -0.15) is 0 Å². The van der Waals surface area contributed by atoms with Crippen LogP contribution in [-0.4, -0.2) is 46.5 Å². The molecule has 1 amide bonds. The van der Waals surface area contributed by atoms with Crippen molar-refractivity contribution in [3.63, 3.8) is 0 Å². The van der Waals surface area contributed by atoms with Crippen LogP contribution in [0.25, 0.3) is 0 Å². The molecule has 1 atom stereocenters. The number of aryl methyl sites for hydroxylation is 3. The number of esters is 1. The van der Waals surface area contributed by atoms with Crippen LogP contribution in [0.15, 0.2) is 48.3 Å². The van der Waals surface area contributed by atoms with Gasteiger partial charge in [-0.3, -0.25) is 14.5 Å². The highest BCUT2D eigenvalue weighted by atomic mass is 32.1. The summed E-state index contributed by atoms with van der Waals surface area (Å²) in [4.78, 5) is 49.8. The SMILES string of the molecule is C=CCOc1cccc(C2C(C(=O)c3sc(C)nc3C)=C(O)C(=O)N2c2nc(C)c(C(=O)OC)s2)c1. The van der Waals surface area contributed by atoms with E-state index in [1.165, 1.54) is 23.3 Å². The molecule has 1 N–H and O–H groups in total. The normalized spacial score (nSPS) is 15.4. The zero-order chi connectivity index (χ0) is 26.1. The lowest BCUT2D eigenvalue weighted by Gasteiger charge is -2.24. The van der Waals surface area contributed by atoms with E-state index >= 15 is 0 Å². The van der Waals surface area contributed by atoms with Crippen molar-refractivity contribution in [3.05, 3.63) is 80.0 Å². The lowest BCUT2D eigenvalue weighted by molar-refractivity contribution is -0.117. The van der Waals surface area contributed by atoms with Crippen LogP contribution in [0, 0.1) is 20.8 Å². The van der Waals surface area contributed by atoms with Crippen molar-refractivity contribution in [1.82, 2.24) is 9.97 Å². The summed E-state index contributed by atoms with van der Waals surface area (Å²) >= 11 is 2.13. The number of hydrogen-bond acceptors (Lipinski definition) is 10. The molecule has 4 rings (SSSR count). The molecule has 1 aromatic carbocycles. The second kappa shape index (κ2) is 10.0. The highest BCUT2D eigenvalue weighted by Gasteiger charge is 2.47. The van der Waals surface area contributed by atoms with E-state index in [0.29, 0.717) is 32.6 Å². The zero-order valence-electron chi connectivity index (χ0n) is 20.0. The van der Waals surface area contributed by atoms with Gasteiger partial charge < -0.3 is 14.6 Å². The predicted octanol–water partition coefficient (Wildman–Crippen LogP) is 4.66. The second-order valence-electron chi connectivity index (χ2n) is 7.89. The van der Waals surface area contributed by atoms with Gasteiger partial charge in [-0.1, -0.05) is 36.1 Å². The third-order valence-electron chi connectivity index (χ3n) is 5.47. The van der Waals surface area contributed by atoms with Gasteiger partial charge in [-0.05, 0) is 38.5 Å². The van der Waals surface area contributed by atoms with Crippen LogP contribution in [0.2, 0.25) is 0 Å². The number of ketones is 1. The average Bonchev–Trinajstić information content (AvgIpc) is 3.49. The summed E-state index contributed by atoms with van der Waals surface area (Å²) in [5.41, 5.74) is 1.29. The Morgan fingerprint density at radius 3 is 2.53 bits per heavy atom. The largest absolute Gasteiger partial charge is 0.503 e. The number of aliphatic hydroxyl groups is 1. The summed E-state index contributed by atoms with van der Waals surface area (Å²) in [5.74, 6) is -2.09. The molecular formula is C25H23N3O6S2. The predicted molar refractivity (Wildman–Crippen MR) is 136 cm³/mol.